The Kier molecular flexibility index (Phi) is 8.31. The lowest BCUT2D eigenvalue weighted by molar-refractivity contribution is -0.384. The quantitative estimate of drug-likeness (QED) is 0.248. The van der Waals surface area contributed by atoms with E-state index in [4.69, 9.17) is 4.74 Å². The second kappa shape index (κ2) is 11.2. The van der Waals surface area contributed by atoms with Gasteiger partial charge in [0.1, 0.15) is 0 Å². The Morgan fingerprint density at radius 3 is 2.50 bits per heavy atom. The molecule has 0 spiro atoms. The van der Waals surface area contributed by atoms with Gasteiger partial charge in [0.2, 0.25) is 5.96 Å². The van der Waals surface area contributed by atoms with Crippen molar-refractivity contribution >= 4 is 27.6 Å². The molecule has 0 bridgehead atoms. The first-order chi connectivity index (χ1) is 16.3. The van der Waals surface area contributed by atoms with Gasteiger partial charge < -0.3 is 10.1 Å². The van der Waals surface area contributed by atoms with Crippen molar-refractivity contribution in [2.24, 2.45) is 9.50 Å². The Bertz CT molecular complexity index is 1150. The van der Waals surface area contributed by atoms with Crippen LogP contribution in [0.4, 0.5) is 5.69 Å². The van der Waals surface area contributed by atoms with E-state index in [-0.39, 0.29) is 37.3 Å². The Morgan fingerprint density at radius 1 is 1.26 bits per heavy atom. The maximum atomic E-state index is 12.9. The molecule has 0 amide bonds. The van der Waals surface area contributed by atoms with Crippen LogP contribution in [0.2, 0.25) is 0 Å². The highest BCUT2D eigenvalue weighted by Crippen LogP contribution is 2.29. The topological polar surface area (TPSA) is 130 Å². The molecular weight excluding hydrogens is 460 g/mol. The first-order valence-electron chi connectivity index (χ1n) is 10.7. The van der Waals surface area contributed by atoms with Crippen molar-refractivity contribution in [1.82, 2.24) is 14.6 Å². The summed E-state index contributed by atoms with van der Waals surface area (Å²) < 4.78 is 36.0. The second-order valence-corrected chi connectivity index (χ2v) is 9.06. The molecule has 2 aromatic carbocycles. The molecule has 11 nitrogen and oxygen atoms in total. The number of benzene rings is 2. The molecule has 1 aliphatic heterocycles. The van der Waals surface area contributed by atoms with Crippen molar-refractivity contribution in [3.8, 4) is 0 Å². The first kappa shape index (κ1) is 25.3. The fraction of sp³-hybridized carbons (Fsp3) is 0.364. The predicted molar refractivity (Wildman–Crippen MR) is 130 cm³/mol. The van der Waals surface area contributed by atoms with E-state index in [1.807, 2.05) is 30.3 Å². The molecule has 0 aromatic heterocycles. The van der Waals surface area contributed by atoms with Gasteiger partial charge in [0.15, 0.2) is 0 Å². The van der Waals surface area contributed by atoms with Crippen molar-refractivity contribution in [3.05, 3.63) is 75.8 Å². The lowest BCUT2D eigenvalue weighted by Gasteiger charge is -2.21. The molecule has 0 saturated carbocycles. The summed E-state index contributed by atoms with van der Waals surface area (Å²) >= 11 is 0. The number of nitrogens with one attached hydrogen (secondary N) is 1. The highest BCUT2D eigenvalue weighted by atomic mass is 32.2. The summed E-state index contributed by atoms with van der Waals surface area (Å²) in [4.78, 5) is 10.6. The minimum absolute atomic E-state index is 0.0188. The molecule has 34 heavy (non-hydrogen) atoms. The molecule has 1 heterocycles. The number of rotatable bonds is 9. The summed E-state index contributed by atoms with van der Waals surface area (Å²) in [5.41, 5.74) is 2.33. The van der Waals surface area contributed by atoms with Crippen LogP contribution in [-0.4, -0.2) is 74.7 Å². The number of non-ortho nitro benzene ring substituents is 1. The van der Waals surface area contributed by atoms with Crippen LogP contribution in [0.5, 0.6) is 0 Å². The van der Waals surface area contributed by atoms with Crippen LogP contribution >= 0.6 is 0 Å². The van der Waals surface area contributed by atoms with Gasteiger partial charge in [0, 0.05) is 45.3 Å². The highest BCUT2D eigenvalue weighted by Gasteiger charge is 2.32. The Labute approximate surface area is 199 Å². The number of nitrogens with zero attached hydrogens (tertiary/aromatic N) is 5. The normalized spacial score (nSPS) is 16.6. The van der Waals surface area contributed by atoms with Gasteiger partial charge >= 0.3 is 10.2 Å². The fourth-order valence-corrected chi connectivity index (χ4v) is 4.76. The fourth-order valence-electron chi connectivity index (χ4n) is 3.61. The van der Waals surface area contributed by atoms with E-state index in [0.717, 1.165) is 5.56 Å². The molecule has 1 atom stereocenters. The van der Waals surface area contributed by atoms with Crippen molar-refractivity contribution < 1.29 is 18.1 Å². The average molecular weight is 489 g/mol. The predicted octanol–water partition coefficient (Wildman–Crippen LogP) is 2.19. The van der Waals surface area contributed by atoms with Crippen LogP contribution in [0, 0.1) is 10.1 Å². The summed E-state index contributed by atoms with van der Waals surface area (Å²) in [5.74, 6) is -0.117. The molecular formula is C22H28N6O5S. The summed E-state index contributed by atoms with van der Waals surface area (Å²) in [6.45, 7) is 2.75. The third-order valence-corrected chi connectivity index (χ3v) is 6.88. The maximum absolute atomic E-state index is 12.9. The van der Waals surface area contributed by atoms with Crippen LogP contribution in [0.1, 0.15) is 24.0 Å². The number of nitro benzene ring substituents is 1. The van der Waals surface area contributed by atoms with E-state index in [9.17, 15) is 18.5 Å². The molecule has 12 heteroatoms. The van der Waals surface area contributed by atoms with Gasteiger partial charge in [-0.1, -0.05) is 37.3 Å². The number of hydrogen-bond acceptors (Lipinski definition) is 6. The monoisotopic (exact) mass is 488 g/mol. The van der Waals surface area contributed by atoms with Gasteiger partial charge in [0.05, 0.1) is 23.8 Å². The van der Waals surface area contributed by atoms with Gasteiger partial charge in [-0.15, -0.1) is 4.40 Å². The minimum Gasteiger partial charge on any atom is -0.383 e. The molecule has 0 aliphatic carbocycles. The van der Waals surface area contributed by atoms with Crippen molar-refractivity contribution in [1.29, 1.82) is 0 Å². The van der Waals surface area contributed by atoms with Crippen LogP contribution in [-0.2, 0) is 14.9 Å². The van der Waals surface area contributed by atoms with E-state index in [0.29, 0.717) is 17.8 Å². The van der Waals surface area contributed by atoms with Crippen LogP contribution in [0.15, 0.2) is 64.1 Å². The zero-order valence-corrected chi connectivity index (χ0v) is 20.1. The van der Waals surface area contributed by atoms with E-state index in [1.54, 1.807) is 26.1 Å². The zero-order chi connectivity index (χ0) is 24.7. The van der Waals surface area contributed by atoms with E-state index < -0.39 is 15.1 Å². The maximum Gasteiger partial charge on any atom is 0.325 e. The van der Waals surface area contributed by atoms with E-state index in [1.165, 1.54) is 28.6 Å². The largest absolute Gasteiger partial charge is 0.383 e. The second-order valence-electron chi connectivity index (χ2n) is 7.46. The lowest BCUT2D eigenvalue weighted by Crippen LogP contribution is -2.39. The summed E-state index contributed by atoms with van der Waals surface area (Å²) in [7, 11) is -0.895. The summed E-state index contributed by atoms with van der Waals surface area (Å²) in [5, 5.41) is 20.1. The zero-order valence-electron chi connectivity index (χ0n) is 19.3. The van der Waals surface area contributed by atoms with Gasteiger partial charge in [-0.2, -0.15) is 17.8 Å². The van der Waals surface area contributed by atoms with Gasteiger partial charge in [-0.25, -0.2) is 5.01 Å². The smallest absolute Gasteiger partial charge is 0.325 e. The third kappa shape index (κ3) is 5.76. The van der Waals surface area contributed by atoms with Crippen molar-refractivity contribution in [3.63, 3.8) is 0 Å². The van der Waals surface area contributed by atoms with Crippen molar-refractivity contribution in [2.75, 3.05) is 40.4 Å². The number of nitro groups is 1. The summed E-state index contributed by atoms with van der Waals surface area (Å²) in [6, 6.07) is 15.8. The SMILES string of the molecule is CCN(CCOC)S(=O)(=O)/N=C(\NC)N1CC(c2ccccc2)C(c2ccc([N+](=O)[O-])cc2)=N1. The third-order valence-electron chi connectivity index (χ3n) is 5.38. The number of methoxy groups -OCH3 is 1. The van der Waals surface area contributed by atoms with Crippen LogP contribution in [0.3, 0.4) is 0 Å². The van der Waals surface area contributed by atoms with Gasteiger partial charge in [-0.3, -0.25) is 10.1 Å². The molecule has 3 rings (SSSR count). The molecule has 1 unspecified atom stereocenters. The van der Waals surface area contributed by atoms with Crippen molar-refractivity contribution in [2.45, 2.75) is 12.8 Å². The standard InChI is InChI=1S/C22H28N6O5S/c1-4-26(14-15-33-3)34(31,32)25-22(23-2)27-16-20(17-8-6-5-7-9-17)21(24-27)18-10-12-19(13-11-18)28(29)30/h5-13,20H,4,14-16H2,1-3H3,(H,23,25). The van der Waals surface area contributed by atoms with E-state index >= 15 is 0 Å². The molecule has 1 aliphatic rings. The number of hydrazone groups is 1. The Morgan fingerprint density at radius 2 is 1.94 bits per heavy atom. The molecule has 0 fully saturated rings. The first-order valence-corrected chi connectivity index (χ1v) is 12.1. The number of hydrogen-bond donors (Lipinski definition) is 1. The number of likely N-dealkylation sites (N-methyl/N-ethyl adjacent to an activating group) is 1. The lowest BCUT2D eigenvalue weighted by atomic mass is 9.90. The highest BCUT2D eigenvalue weighted by molar-refractivity contribution is 7.87. The van der Waals surface area contributed by atoms with Gasteiger partial charge in [0.25, 0.3) is 5.69 Å². The van der Waals surface area contributed by atoms with Gasteiger partial charge in [-0.05, 0) is 23.3 Å². The Balaban J connectivity index is 2.00. The Hall–Kier alpha value is -3.35. The number of ether oxygens (including phenoxy) is 1. The van der Waals surface area contributed by atoms with Crippen LogP contribution < -0.4 is 5.32 Å². The van der Waals surface area contributed by atoms with Crippen LogP contribution in [0.25, 0.3) is 0 Å². The number of guanidine groups is 1. The molecule has 0 radical (unpaired) electrons. The molecule has 1 N–H and O–H groups in total. The molecule has 2 aromatic rings. The average Bonchev–Trinajstić information content (AvgIpc) is 3.29. The molecule has 0 saturated heterocycles. The summed E-state index contributed by atoms with van der Waals surface area (Å²) in [6.07, 6.45) is 0. The van der Waals surface area contributed by atoms with E-state index in [2.05, 4.69) is 14.8 Å². The minimum atomic E-state index is -3.98. The molecule has 182 valence electrons.